The van der Waals surface area contributed by atoms with Crippen LogP contribution in [0.1, 0.15) is 6.42 Å². The van der Waals surface area contributed by atoms with Crippen molar-refractivity contribution < 1.29 is 23.0 Å². The zero-order valence-electron chi connectivity index (χ0n) is 19.5. The highest BCUT2D eigenvalue weighted by Gasteiger charge is 2.44. The number of fused-ring (bicyclic) bond motifs is 1. The summed E-state index contributed by atoms with van der Waals surface area (Å²) in [6.07, 6.45) is -0.642. The molecule has 14 heteroatoms. The van der Waals surface area contributed by atoms with E-state index >= 15 is 0 Å². The van der Waals surface area contributed by atoms with Crippen LogP contribution in [0.5, 0.6) is 5.88 Å². The minimum atomic E-state index is -2.99. The fourth-order valence-corrected chi connectivity index (χ4v) is 4.74. The third-order valence-electron chi connectivity index (χ3n) is 6.31. The number of nitrogens with zero attached hydrogens (tertiary/aromatic N) is 5. The van der Waals surface area contributed by atoms with Crippen molar-refractivity contribution in [2.75, 3.05) is 25.1 Å². The average molecular weight is 568 g/mol. The maximum absolute atomic E-state index is 14.0. The van der Waals surface area contributed by atoms with E-state index in [0.717, 1.165) is 15.2 Å². The Bertz CT molecular complexity index is 1700. The Balaban J connectivity index is 1.86. The molecule has 5 rings (SSSR count). The summed E-state index contributed by atoms with van der Waals surface area (Å²) in [5, 5.41) is 10.0. The molecule has 1 atom stereocenters. The molecule has 0 saturated carbocycles. The van der Waals surface area contributed by atoms with Gasteiger partial charge in [-0.2, -0.15) is 4.98 Å². The van der Waals surface area contributed by atoms with Crippen molar-refractivity contribution in [3.63, 3.8) is 0 Å². The lowest BCUT2D eigenvalue weighted by Crippen LogP contribution is -2.40. The van der Waals surface area contributed by atoms with E-state index in [1.54, 1.807) is 0 Å². The molecule has 1 unspecified atom stereocenters. The van der Waals surface area contributed by atoms with Gasteiger partial charge in [-0.1, -0.05) is 23.2 Å². The number of ether oxygens (including phenoxy) is 1. The van der Waals surface area contributed by atoms with Crippen molar-refractivity contribution in [2.24, 2.45) is 0 Å². The van der Waals surface area contributed by atoms with Gasteiger partial charge in [-0.15, -0.1) is 0 Å². The number of rotatable bonds is 5. The number of benzene rings is 1. The molecule has 0 bridgehead atoms. The van der Waals surface area contributed by atoms with Crippen molar-refractivity contribution >= 4 is 39.9 Å². The van der Waals surface area contributed by atoms with E-state index in [1.807, 2.05) is 0 Å². The number of aliphatic hydroxyl groups is 1. The highest BCUT2D eigenvalue weighted by molar-refractivity contribution is 6.31. The second kappa shape index (κ2) is 9.61. The van der Waals surface area contributed by atoms with Crippen LogP contribution in [0.4, 0.5) is 19.0 Å². The van der Waals surface area contributed by atoms with E-state index in [4.69, 9.17) is 27.9 Å². The summed E-state index contributed by atoms with van der Waals surface area (Å²) in [4.78, 5) is 37.2. The Morgan fingerprint density at radius 3 is 2.50 bits per heavy atom. The van der Waals surface area contributed by atoms with Gasteiger partial charge in [0.25, 0.3) is 12.0 Å². The Kier molecular flexibility index (Phi) is 6.58. The summed E-state index contributed by atoms with van der Waals surface area (Å²) in [5.74, 6) is -0.863. The summed E-state index contributed by atoms with van der Waals surface area (Å²) in [6, 6.07) is 6.23. The van der Waals surface area contributed by atoms with Crippen LogP contribution in [0, 0.1) is 5.82 Å². The van der Waals surface area contributed by atoms with E-state index in [2.05, 4.69) is 9.97 Å². The second-order valence-electron chi connectivity index (χ2n) is 8.68. The minimum absolute atomic E-state index is 0.0109. The Morgan fingerprint density at radius 2 is 1.87 bits per heavy atom. The number of aromatic nitrogens is 4. The Morgan fingerprint density at radius 1 is 1.11 bits per heavy atom. The second-order valence-corrected chi connectivity index (χ2v) is 9.52. The van der Waals surface area contributed by atoms with E-state index in [9.17, 15) is 27.9 Å². The first-order valence-electron chi connectivity index (χ1n) is 11.1. The number of β-amino-alcohol motifs (C(OH)–C–C–N with tert-alkyl or cyclic N) is 1. The SMILES string of the molecule is COc1nc(N2CCC(O)(C(F)F)C2)cc2c1c(=O)n(-c1cncc(Cl)c1)c(=O)n2-c1ccc(F)c(Cl)c1. The molecule has 38 heavy (non-hydrogen) atoms. The van der Waals surface area contributed by atoms with Gasteiger partial charge < -0.3 is 14.7 Å². The van der Waals surface area contributed by atoms with Gasteiger partial charge in [0.15, 0.2) is 0 Å². The fourth-order valence-electron chi connectivity index (χ4n) is 4.40. The Hall–Kier alpha value is -3.61. The zero-order chi connectivity index (χ0) is 27.4. The van der Waals surface area contributed by atoms with Crippen LogP contribution in [-0.2, 0) is 0 Å². The third-order valence-corrected chi connectivity index (χ3v) is 6.80. The quantitative estimate of drug-likeness (QED) is 0.393. The fraction of sp³-hybridized carbons (Fsp3) is 0.250. The van der Waals surface area contributed by atoms with Crippen LogP contribution < -0.4 is 20.9 Å². The molecule has 9 nitrogen and oxygen atoms in total. The molecule has 198 valence electrons. The van der Waals surface area contributed by atoms with Crippen molar-refractivity contribution in [3.05, 3.63) is 79.4 Å². The number of alkyl halides is 2. The number of anilines is 1. The van der Waals surface area contributed by atoms with E-state index in [-0.39, 0.29) is 57.0 Å². The molecule has 0 spiro atoms. The number of hydrogen-bond acceptors (Lipinski definition) is 7. The standard InChI is InChI=1S/C24H18Cl2F3N5O4/c1-38-20-19-17(8-18(31-20)32-5-4-24(37,11-32)22(28)29)33(13-2-3-16(27)15(26)7-13)23(36)34(21(19)35)14-6-12(25)9-30-10-14/h2-3,6-10,22,37H,4-5,11H2,1H3. The summed E-state index contributed by atoms with van der Waals surface area (Å²) in [7, 11) is 1.25. The number of halogens is 5. The van der Waals surface area contributed by atoms with Gasteiger partial charge in [-0.3, -0.25) is 14.3 Å². The van der Waals surface area contributed by atoms with Crippen molar-refractivity contribution in [3.8, 4) is 17.3 Å². The summed E-state index contributed by atoms with van der Waals surface area (Å²) >= 11 is 12.0. The summed E-state index contributed by atoms with van der Waals surface area (Å²) in [6.45, 7) is -0.412. The monoisotopic (exact) mass is 567 g/mol. The van der Waals surface area contributed by atoms with Crippen LogP contribution in [0.2, 0.25) is 10.0 Å². The number of methoxy groups -OCH3 is 1. The van der Waals surface area contributed by atoms with Gasteiger partial charge in [0.05, 0.1) is 46.8 Å². The van der Waals surface area contributed by atoms with Crippen molar-refractivity contribution in [1.82, 2.24) is 19.1 Å². The van der Waals surface area contributed by atoms with E-state index in [0.29, 0.717) is 0 Å². The van der Waals surface area contributed by atoms with Gasteiger partial charge in [0.2, 0.25) is 5.88 Å². The molecule has 0 radical (unpaired) electrons. The van der Waals surface area contributed by atoms with E-state index < -0.39 is 35.6 Å². The first-order chi connectivity index (χ1) is 18.0. The molecule has 1 aliphatic rings. The topological polar surface area (TPSA) is 102 Å². The molecule has 4 aromatic rings. The minimum Gasteiger partial charge on any atom is -0.480 e. The molecule has 4 heterocycles. The van der Waals surface area contributed by atoms with E-state index in [1.165, 1.54) is 48.7 Å². The van der Waals surface area contributed by atoms with Crippen LogP contribution in [-0.4, -0.2) is 56.4 Å². The van der Waals surface area contributed by atoms with Gasteiger partial charge in [0, 0.05) is 25.2 Å². The maximum atomic E-state index is 14.0. The number of hydrogen-bond donors (Lipinski definition) is 1. The number of pyridine rings is 2. The lowest BCUT2D eigenvalue weighted by Gasteiger charge is -2.24. The normalized spacial score (nSPS) is 17.5. The molecule has 1 saturated heterocycles. The molecule has 1 fully saturated rings. The third kappa shape index (κ3) is 4.28. The van der Waals surface area contributed by atoms with Crippen LogP contribution >= 0.6 is 23.2 Å². The average Bonchev–Trinajstić information content (AvgIpc) is 3.29. The van der Waals surface area contributed by atoms with Crippen LogP contribution in [0.15, 0.2) is 52.3 Å². The molecule has 1 N–H and O–H groups in total. The largest absolute Gasteiger partial charge is 0.480 e. The molecule has 0 amide bonds. The highest BCUT2D eigenvalue weighted by Crippen LogP contribution is 2.34. The first kappa shape index (κ1) is 26.0. The van der Waals surface area contributed by atoms with Gasteiger partial charge in [-0.05, 0) is 24.3 Å². The van der Waals surface area contributed by atoms with Crippen molar-refractivity contribution in [1.29, 1.82) is 0 Å². The molecule has 1 aromatic carbocycles. The summed E-state index contributed by atoms with van der Waals surface area (Å²) in [5.41, 5.74) is -3.82. The van der Waals surface area contributed by atoms with Gasteiger partial charge in [0.1, 0.15) is 22.6 Å². The lowest BCUT2D eigenvalue weighted by molar-refractivity contribution is -0.0800. The van der Waals surface area contributed by atoms with Crippen LogP contribution in [0.3, 0.4) is 0 Å². The zero-order valence-corrected chi connectivity index (χ0v) is 21.0. The summed E-state index contributed by atoms with van der Waals surface area (Å²) < 4.78 is 48.1. The molecular formula is C24H18Cl2F3N5O4. The molecule has 3 aromatic heterocycles. The van der Waals surface area contributed by atoms with Gasteiger partial charge >= 0.3 is 5.69 Å². The highest BCUT2D eigenvalue weighted by atomic mass is 35.5. The molecule has 1 aliphatic heterocycles. The predicted octanol–water partition coefficient (Wildman–Crippen LogP) is 3.59. The molecular weight excluding hydrogens is 550 g/mol. The lowest BCUT2D eigenvalue weighted by atomic mass is 10.1. The van der Waals surface area contributed by atoms with Crippen molar-refractivity contribution in [2.45, 2.75) is 18.4 Å². The Labute approximate surface area is 222 Å². The first-order valence-corrected chi connectivity index (χ1v) is 11.9. The maximum Gasteiger partial charge on any atom is 0.340 e. The smallest absolute Gasteiger partial charge is 0.340 e. The molecule has 0 aliphatic carbocycles. The van der Waals surface area contributed by atoms with Crippen LogP contribution in [0.25, 0.3) is 22.3 Å². The predicted molar refractivity (Wildman–Crippen MR) is 135 cm³/mol. The van der Waals surface area contributed by atoms with Gasteiger partial charge in [-0.25, -0.2) is 22.5 Å².